The molecule has 1 aromatic carbocycles. The monoisotopic (exact) mass is 332 g/mol. The van der Waals surface area contributed by atoms with Crippen LogP contribution in [0.3, 0.4) is 0 Å². The van der Waals surface area contributed by atoms with Gasteiger partial charge in [0.05, 0.1) is 17.0 Å². The number of carbonyl (C=O) groups excluding carboxylic acids is 1. The molecule has 0 unspecified atom stereocenters. The van der Waals surface area contributed by atoms with Crippen LogP contribution < -0.4 is 0 Å². The van der Waals surface area contributed by atoms with E-state index >= 15 is 0 Å². The second kappa shape index (κ2) is 5.56. The van der Waals surface area contributed by atoms with Crippen LogP contribution in [-0.2, 0) is 21.2 Å². The lowest BCUT2D eigenvalue weighted by molar-refractivity contribution is -0.170. The van der Waals surface area contributed by atoms with Crippen molar-refractivity contribution < 1.29 is 26.4 Å². The van der Waals surface area contributed by atoms with Crippen LogP contribution >= 0.6 is 0 Å². The van der Waals surface area contributed by atoms with Crippen LogP contribution in [-0.4, -0.2) is 29.3 Å². The number of ketones is 1. The van der Waals surface area contributed by atoms with Gasteiger partial charge in [0.25, 0.3) is 10.0 Å². The third kappa shape index (κ3) is 3.19. The highest BCUT2D eigenvalue weighted by molar-refractivity contribution is 7.90. The molecule has 0 bridgehead atoms. The van der Waals surface area contributed by atoms with Gasteiger partial charge in [-0.15, -0.1) is 0 Å². The van der Waals surface area contributed by atoms with Gasteiger partial charge >= 0.3 is 6.18 Å². The Kier molecular flexibility index (Phi) is 4.10. The molecule has 0 saturated heterocycles. The number of hydrogen-bond donors (Lipinski definition) is 0. The van der Waals surface area contributed by atoms with Crippen molar-refractivity contribution in [1.82, 2.24) is 8.96 Å². The molecule has 0 aliphatic heterocycles. The summed E-state index contributed by atoms with van der Waals surface area (Å²) < 4.78 is 62.3. The van der Waals surface area contributed by atoms with Crippen molar-refractivity contribution in [1.29, 1.82) is 0 Å². The number of benzene rings is 1. The molecular formula is C13H11F3N2O3S. The Hall–Kier alpha value is -2.16. The van der Waals surface area contributed by atoms with E-state index in [1.165, 1.54) is 12.1 Å². The molecule has 0 atom stereocenters. The van der Waals surface area contributed by atoms with Gasteiger partial charge in [-0.2, -0.15) is 13.2 Å². The number of nitrogens with zero attached hydrogens (tertiary/aromatic N) is 2. The third-order valence-corrected chi connectivity index (χ3v) is 4.63. The van der Waals surface area contributed by atoms with Crippen LogP contribution in [0.25, 0.3) is 0 Å². The van der Waals surface area contributed by atoms with E-state index in [0.717, 1.165) is 18.1 Å². The minimum Gasteiger partial charge on any atom is -0.289 e. The summed E-state index contributed by atoms with van der Waals surface area (Å²) in [5.41, 5.74) is 0.486. The van der Waals surface area contributed by atoms with E-state index in [2.05, 4.69) is 4.98 Å². The Morgan fingerprint density at radius 1 is 1.23 bits per heavy atom. The molecular weight excluding hydrogens is 321 g/mol. The van der Waals surface area contributed by atoms with Gasteiger partial charge in [-0.25, -0.2) is 17.4 Å². The molecule has 2 rings (SSSR count). The molecule has 2 aromatic rings. The summed E-state index contributed by atoms with van der Waals surface area (Å²) in [6, 6.07) is 5.79. The van der Waals surface area contributed by atoms with Crippen LogP contribution in [0, 0.1) is 6.92 Å². The van der Waals surface area contributed by atoms with E-state index in [1.54, 1.807) is 19.1 Å². The standard InChI is InChI=1S/C13H11F3N2O3S/c1-9-2-4-11(5-3-9)22(20,21)18-8-17-7-10(18)6-12(19)13(14,15)16/h2-5,7-8H,6H2,1H3. The molecule has 0 spiro atoms. The maximum Gasteiger partial charge on any atom is 0.450 e. The maximum absolute atomic E-state index is 12.4. The predicted molar refractivity (Wildman–Crippen MR) is 70.8 cm³/mol. The fourth-order valence-electron chi connectivity index (χ4n) is 1.74. The Balaban J connectivity index is 2.40. The van der Waals surface area contributed by atoms with E-state index in [1.807, 2.05) is 0 Å². The zero-order chi connectivity index (χ0) is 16.5. The average molecular weight is 332 g/mol. The molecule has 22 heavy (non-hydrogen) atoms. The van der Waals surface area contributed by atoms with Gasteiger partial charge in [0.2, 0.25) is 5.78 Å². The summed E-state index contributed by atoms with van der Waals surface area (Å²) in [6.07, 6.45) is -4.32. The van der Waals surface area contributed by atoms with Gasteiger partial charge in [-0.1, -0.05) is 17.7 Å². The van der Waals surface area contributed by atoms with Crippen molar-refractivity contribution in [3.05, 3.63) is 48.0 Å². The average Bonchev–Trinajstić information content (AvgIpc) is 2.87. The van der Waals surface area contributed by atoms with Gasteiger partial charge in [-0.05, 0) is 19.1 Å². The number of aryl methyl sites for hydroxylation is 1. The van der Waals surface area contributed by atoms with Crippen LogP contribution in [0.2, 0.25) is 0 Å². The Morgan fingerprint density at radius 3 is 2.36 bits per heavy atom. The Morgan fingerprint density at radius 2 is 1.82 bits per heavy atom. The molecule has 0 fully saturated rings. The summed E-state index contributed by atoms with van der Waals surface area (Å²) in [7, 11) is -4.10. The molecule has 5 nitrogen and oxygen atoms in total. The number of Topliss-reactive ketones (excluding diaryl/α,β-unsaturated/α-hetero) is 1. The number of alkyl halides is 3. The molecule has 118 valence electrons. The second-order valence-corrected chi connectivity index (χ2v) is 6.41. The summed E-state index contributed by atoms with van der Waals surface area (Å²) in [4.78, 5) is 14.5. The number of hydrogen-bond acceptors (Lipinski definition) is 4. The predicted octanol–water partition coefficient (Wildman–Crippen LogP) is 2.10. The van der Waals surface area contributed by atoms with E-state index in [4.69, 9.17) is 0 Å². The summed E-state index contributed by atoms with van der Waals surface area (Å²) >= 11 is 0. The molecule has 0 radical (unpaired) electrons. The first-order valence-corrected chi connectivity index (χ1v) is 7.50. The number of carbonyl (C=O) groups is 1. The van der Waals surface area contributed by atoms with E-state index in [9.17, 15) is 26.4 Å². The van der Waals surface area contributed by atoms with Crippen molar-refractivity contribution in [3.63, 3.8) is 0 Å². The van der Waals surface area contributed by atoms with Gasteiger partial charge in [0.1, 0.15) is 6.33 Å². The lowest BCUT2D eigenvalue weighted by Gasteiger charge is -2.10. The first kappa shape index (κ1) is 16.2. The van der Waals surface area contributed by atoms with Crippen molar-refractivity contribution in [2.24, 2.45) is 0 Å². The highest BCUT2D eigenvalue weighted by Crippen LogP contribution is 2.21. The molecule has 0 aliphatic carbocycles. The smallest absolute Gasteiger partial charge is 0.289 e. The zero-order valence-electron chi connectivity index (χ0n) is 11.3. The maximum atomic E-state index is 12.4. The van der Waals surface area contributed by atoms with Crippen molar-refractivity contribution >= 4 is 15.8 Å². The quantitative estimate of drug-likeness (QED) is 0.860. The highest BCUT2D eigenvalue weighted by atomic mass is 32.2. The third-order valence-electron chi connectivity index (χ3n) is 2.91. The summed E-state index contributed by atoms with van der Waals surface area (Å²) in [5, 5.41) is 0. The van der Waals surface area contributed by atoms with Crippen LogP contribution in [0.15, 0.2) is 41.7 Å². The summed E-state index contributed by atoms with van der Waals surface area (Å²) in [5.74, 6) is -2.03. The first-order valence-electron chi connectivity index (χ1n) is 6.06. The Labute approximate surface area is 124 Å². The molecule has 1 aromatic heterocycles. The number of halogens is 3. The molecule has 0 N–H and O–H groups in total. The van der Waals surface area contributed by atoms with Gasteiger partial charge in [0.15, 0.2) is 0 Å². The number of rotatable bonds is 4. The minimum absolute atomic E-state index is 0.100. The van der Waals surface area contributed by atoms with Gasteiger partial charge < -0.3 is 0 Å². The van der Waals surface area contributed by atoms with Crippen molar-refractivity contribution in [2.45, 2.75) is 24.4 Å². The fourth-order valence-corrected chi connectivity index (χ4v) is 3.05. The van der Waals surface area contributed by atoms with E-state index < -0.39 is 28.4 Å². The lowest BCUT2D eigenvalue weighted by Crippen LogP contribution is -2.26. The summed E-state index contributed by atoms with van der Waals surface area (Å²) in [6.45, 7) is 1.76. The van der Waals surface area contributed by atoms with Crippen LogP contribution in [0.4, 0.5) is 13.2 Å². The van der Waals surface area contributed by atoms with Crippen LogP contribution in [0.1, 0.15) is 11.3 Å². The Bertz CT molecular complexity index is 793. The number of aromatic nitrogens is 2. The molecule has 0 amide bonds. The molecule has 9 heteroatoms. The van der Waals surface area contributed by atoms with E-state index in [0.29, 0.717) is 3.97 Å². The van der Waals surface area contributed by atoms with Gasteiger partial charge in [-0.3, -0.25) is 4.79 Å². The molecule has 0 saturated carbocycles. The molecule has 1 heterocycles. The zero-order valence-corrected chi connectivity index (χ0v) is 12.1. The van der Waals surface area contributed by atoms with Crippen molar-refractivity contribution in [2.75, 3.05) is 0 Å². The highest BCUT2D eigenvalue weighted by Gasteiger charge is 2.39. The second-order valence-electron chi connectivity index (χ2n) is 4.60. The SMILES string of the molecule is Cc1ccc(S(=O)(=O)n2cncc2CC(=O)C(F)(F)F)cc1. The first-order chi connectivity index (χ1) is 10.1. The number of imidazole rings is 1. The molecule has 0 aliphatic rings. The fraction of sp³-hybridized carbons (Fsp3) is 0.231. The lowest BCUT2D eigenvalue weighted by atomic mass is 10.2. The largest absolute Gasteiger partial charge is 0.450 e. The van der Waals surface area contributed by atoms with E-state index in [-0.39, 0.29) is 10.6 Å². The van der Waals surface area contributed by atoms with Crippen LogP contribution in [0.5, 0.6) is 0 Å². The topological polar surface area (TPSA) is 69.0 Å². The van der Waals surface area contributed by atoms with Gasteiger partial charge in [0, 0.05) is 6.20 Å². The normalized spacial score (nSPS) is 12.4. The van der Waals surface area contributed by atoms with Crippen molar-refractivity contribution in [3.8, 4) is 0 Å². The minimum atomic E-state index is -5.03.